The molecule has 5 rings (SSSR count). The van der Waals surface area contributed by atoms with Crippen molar-refractivity contribution in [1.82, 2.24) is 4.90 Å². The lowest BCUT2D eigenvalue weighted by Gasteiger charge is -2.27. The fraction of sp³-hybridized carbons (Fsp3) is 0.250. The van der Waals surface area contributed by atoms with Crippen molar-refractivity contribution in [2.45, 2.75) is 17.7 Å². The molecule has 0 unspecified atom stereocenters. The smallest absolute Gasteiger partial charge is 0.123 e. The minimum absolute atomic E-state index is 0.167. The van der Waals surface area contributed by atoms with Gasteiger partial charge in [0, 0.05) is 36.5 Å². The highest BCUT2D eigenvalue weighted by Gasteiger charge is 2.22. The summed E-state index contributed by atoms with van der Waals surface area (Å²) < 4.78 is 15.6. The first-order valence-electron chi connectivity index (χ1n) is 9.92. The third-order valence-electron chi connectivity index (χ3n) is 5.67. The van der Waals surface area contributed by atoms with Gasteiger partial charge in [-0.2, -0.15) is 0 Å². The first-order valence-corrected chi connectivity index (χ1v) is 10.7. The van der Waals surface area contributed by atoms with Gasteiger partial charge in [-0.1, -0.05) is 42.5 Å². The van der Waals surface area contributed by atoms with E-state index in [1.807, 2.05) is 24.1 Å². The third-order valence-corrected chi connectivity index (χ3v) is 6.80. The maximum atomic E-state index is 13.1. The number of anilines is 1. The molecule has 2 heterocycles. The van der Waals surface area contributed by atoms with Crippen LogP contribution in [0.2, 0.25) is 0 Å². The fourth-order valence-corrected chi connectivity index (χ4v) is 5.35. The molecule has 0 radical (unpaired) electrons. The Kier molecular flexibility index (Phi) is 4.83. The van der Waals surface area contributed by atoms with E-state index >= 15 is 0 Å². The average Bonchev–Trinajstić information content (AvgIpc) is 3.09. The van der Waals surface area contributed by atoms with Crippen LogP contribution in [-0.2, 0) is 0 Å². The number of benzene rings is 3. The quantitative estimate of drug-likeness (QED) is 0.495. The van der Waals surface area contributed by atoms with Crippen LogP contribution in [0.1, 0.15) is 18.4 Å². The topological polar surface area (TPSA) is 6.48 Å². The van der Waals surface area contributed by atoms with E-state index in [1.54, 1.807) is 12.1 Å². The molecule has 0 bridgehead atoms. The van der Waals surface area contributed by atoms with Crippen LogP contribution in [0.25, 0.3) is 16.3 Å². The minimum Gasteiger partial charge on any atom is -0.311 e. The lowest BCUT2D eigenvalue weighted by atomic mass is 9.99. The summed E-state index contributed by atoms with van der Waals surface area (Å²) in [7, 11) is 0. The van der Waals surface area contributed by atoms with Gasteiger partial charge in [-0.3, -0.25) is 4.90 Å². The van der Waals surface area contributed by atoms with Crippen LogP contribution in [0, 0.1) is 5.82 Å². The van der Waals surface area contributed by atoms with E-state index < -0.39 is 0 Å². The van der Waals surface area contributed by atoms with Crippen molar-refractivity contribution < 1.29 is 4.39 Å². The monoisotopic (exact) mass is 390 g/mol. The molecule has 3 aromatic rings. The summed E-state index contributed by atoms with van der Waals surface area (Å²) in [6, 6.07) is 20.1. The van der Waals surface area contributed by atoms with E-state index in [-0.39, 0.29) is 5.82 Å². The van der Waals surface area contributed by atoms with Gasteiger partial charge in [0.25, 0.3) is 0 Å². The summed E-state index contributed by atoms with van der Waals surface area (Å²) in [6.45, 7) is 4.22. The molecule has 0 atom stereocenters. The summed E-state index contributed by atoms with van der Waals surface area (Å²) in [4.78, 5) is 3.89. The molecule has 0 spiro atoms. The van der Waals surface area contributed by atoms with Crippen molar-refractivity contribution in [3.8, 4) is 0 Å². The molecule has 0 amide bonds. The number of hydrogen-bond acceptors (Lipinski definition) is 3. The van der Waals surface area contributed by atoms with Crippen molar-refractivity contribution >= 4 is 34.0 Å². The standard InChI is InChI=1S/C24H23FN2S/c25-21-10-8-18(9-11-21)19-12-16-26(17-13-19)14-3-15-27-22-6-1-4-20-5-2-7-23(28-27)24(20)22/h1-2,4-12H,3,13-17H2. The van der Waals surface area contributed by atoms with Crippen molar-refractivity contribution in [3.05, 3.63) is 78.1 Å². The number of halogens is 1. The first-order chi connectivity index (χ1) is 13.8. The summed E-state index contributed by atoms with van der Waals surface area (Å²) in [5.74, 6) is -0.167. The summed E-state index contributed by atoms with van der Waals surface area (Å²) in [6.07, 6.45) is 4.49. The molecular weight excluding hydrogens is 367 g/mol. The molecule has 2 nitrogen and oxygen atoms in total. The predicted octanol–water partition coefficient (Wildman–Crippen LogP) is 5.99. The highest BCUT2D eigenvalue weighted by molar-refractivity contribution is 8.01. The zero-order chi connectivity index (χ0) is 18.9. The fourth-order valence-electron chi connectivity index (χ4n) is 4.18. The van der Waals surface area contributed by atoms with E-state index in [1.165, 1.54) is 26.9 Å². The first kappa shape index (κ1) is 17.8. The number of nitrogens with zero attached hydrogens (tertiary/aromatic N) is 2. The molecule has 2 aliphatic rings. The van der Waals surface area contributed by atoms with Crippen LogP contribution >= 0.6 is 11.9 Å². The largest absolute Gasteiger partial charge is 0.311 e. The van der Waals surface area contributed by atoms with E-state index in [0.29, 0.717) is 0 Å². The molecular formula is C24H23FN2S. The normalized spacial score (nSPS) is 16.6. The van der Waals surface area contributed by atoms with E-state index in [4.69, 9.17) is 0 Å². The highest BCUT2D eigenvalue weighted by atomic mass is 32.2. The number of rotatable bonds is 5. The van der Waals surface area contributed by atoms with Gasteiger partial charge in [0.1, 0.15) is 5.82 Å². The lowest BCUT2D eigenvalue weighted by Crippen LogP contribution is -2.31. The SMILES string of the molecule is Fc1ccc(C2=CCN(CCCN3Sc4cccc5cccc3c45)CC2)cc1. The predicted molar refractivity (Wildman–Crippen MR) is 117 cm³/mol. The molecule has 28 heavy (non-hydrogen) atoms. The second kappa shape index (κ2) is 7.61. The van der Waals surface area contributed by atoms with Crippen LogP contribution in [-0.4, -0.2) is 31.1 Å². The van der Waals surface area contributed by atoms with Crippen LogP contribution < -0.4 is 4.31 Å². The van der Waals surface area contributed by atoms with E-state index in [2.05, 4.69) is 51.7 Å². The molecule has 142 valence electrons. The van der Waals surface area contributed by atoms with Gasteiger partial charge in [-0.15, -0.1) is 0 Å². The van der Waals surface area contributed by atoms with E-state index in [0.717, 1.165) is 44.6 Å². The molecule has 0 aromatic heterocycles. The van der Waals surface area contributed by atoms with Crippen LogP contribution in [0.3, 0.4) is 0 Å². The van der Waals surface area contributed by atoms with Crippen molar-refractivity contribution in [2.75, 3.05) is 30.5 Å². The van der Waals surface area contributed by atoms with Crippen LogP contribution in [0.5, 0.6) is 0 Å². The second-order valence-corrected chi connectivity index (χ2v) is 8.53. The zero-order valence-electron chi connectivity index (χ0n) is 15.8. The summed E-state index contributed by atoms with van der Waals surface area (Å²) >= 11 is 1.87. The third kappa shape index (κ3) is 3.43. The Bertz CT molecular complexity index is 1020. The molecule has 3 aromatic carbocycles. The maximum Gasteiger partial charge on any atom is 0.123 e. The molecule has 0 aliphatic carbocycles. The molecule has 0 saturated heterocycles. The van der Waals surface area contributed by atoms with Crippen molar-refractivity contribution in [1.29, 1.82) is 0 Å². The maximum absolute atomic E-state index is 13.1. The Labute approximate surface area is 169 Å². The van der Waals surface area contributed by atoms with Gasteiger partial charge < -0.3 is 4.31 Å². The molecule has 4 heteroatoms. The van der Waals surface area contributed by atoms with Gasteiger partial charge in [0.2, 0.25) is 0 Å². The van der Waals surface area contributed by atoms with Crippen molar-refractivity contribution in [2.24, 2.45) is 0 Å². The second-order valence-electron chi connectivity index (χ2n) is 7.47. The van der Waals surface area contributed by atoms with Gasteiger partial charge in [0.15, 0.2) is 0 Å². The molecule has 0 saturated carbocycles. The Morgan fingerprint density at radius 1 is 0.929 bits per heavy atom. The Morgan fingerprint density at radius 3 is 2.54 bits per heavy atom. The van der Waals surface area contributed by atoms with Gasteiger partial charge >= 0.3 is 0 Å². The van der Waals surface area contributed by atoms with E-state index in [9.17, 15) is 4.39 Å². The van der Waals surface area contributed by atoms with Gasteiger partial charge in [-0.25, -0.2) is 4.39 Å². The summed E-state index contributed by atoms with van der Waals surface area (Å²) in [5.41, 5.74) is 3.85. The minimum atomic E-state index is -0.167. The van der Waals surface area contributed by atoms with Gasteiger partial charge in [0.05, 0.1) is 5.69 Å². The highest BCUT2D eigenvalue weighted by Crippen LogP contribution is 2.45. The van der Waals surface area contributed by atoms with Crippen molar-refractivity contribution in [3.63, 3.8) is 0 Å². The number of hydrogen-bond donors (Lipinski definition) is 0. The lowest BCUT2D eigenvalue weighted by molar-refractivity contribution is 0.300. The average molecular weight is 391 g/mol. The van der Waals surface area contributed by atoms with Crippen LogP contribution in [0.4, 0.5) is 10.1 Å². The van der Waals surface area contributed by atoms with Crippen LogP contribution in [0.15, 0.2) is 71.6 Å². The molecule has 0 N–H and O–H groups in total. The summed E-state index contributed by atoms with van der Waals surface area (Å²) in [5, 5.41) is 2.74. The zero-order valence-corrected chi connectivity index (χ0v) is 16.6. The Hall–Kier alpha value is -2.30. The Morgan fingerprint density at radius 2 is 1.75 bits per heavy atom. The molecule has 2 aliphatic heterocycles. The molecule has 0 fully saturated rings. The van der Waals surface area contributed by atoms with Gasteiger partial charge in [-0.05, 0) is 65.6 Å². The Balaban J connectivity index is 1.17.